The first kappa shape index (κ1) is 21.1. The van der Waals surface area contributed by atoms with Gasteiger partial charge in [-0.25, -0.2) is 12.7 Å². The average Bonchev–Trinajstić information content (AvgIpc) is 3.26. The van der Waals surface area contributed by atoms with Crippen molar-refractivity contribution >= 4 is 39.2 Å². The van der Waals surface area contributed by atoms with Gasteiger partial charge in [-0.3, -0.25) is 9.59 Å². The first-order valence-electron chi connectivity index (χ1n) is 9.33. The lowest BCUT2D eigenvalue weighted by Gasteiger charge is -2.22. The monoisotopic (exact) mass is 428 g/mol. The van der Waals surface area contributed by atoms with Gasteiger partial charge in [0.15, 0.2) is 6.10 Å². The van der Waals surface area contributed by atoms with Gasteiger partial charge in [-0.1, -0.05) is 18.0 Å². The standard InChI is InChI=1S/C19H25ClN2O5S/c1-11(27-19(24)15-9-12-4-5-13(15)8-12)18(23)21-14-6-7-16(20)17(10-14)28(25,26)22(2)3/h6-7,10-13,15H,4-5,8-9H2,1-3H3,(H,21,23)/t11-,12-,13-,15+/m0/s1. The van der Waals surface area contributed by atoms with Gasteiger partial charge in [0.1, 0.15) is 4.90 Å². The number of nitrogens with one attached hydrogen (secondary N) is 1. The second-order valence-electron chi connectivity index (χ2n) is 7.78. The van der Waals surface area contributed by atoms with Crippen molar-refractivity contribution in [3.05, 3.63) is 23.2 Å². The van der Waals surface area contributed by atoms with E-state index in [-0.39, 0.29) is 27.5 Å². The van der Waals surface area contributed by atoms with E-state index in [0.717, 1.165) is 23.6 Å². The molecule has 1 aromatic rings. The molecule has 1 aromatic carbocycles. The number of ether oxygens (including phenoxy) is 1. The normalized spacial score (nSPS) is 25.0. The largest absolute Gasteiger partial charge is 0.452 e. The average molecular weight is 429 g/mol. The Morgan fingerprint density at radius 1 is 1.25 bits per heavy atom. The molecule has 0 radical (unpaired) electrons. The number of esters is 1. The number of carbonyl (C=O) groups is 2. The molecule has 1 N–H and O–H groups in total. The van der Waals surface area contributed by atoms with E-state index in [1.54, 1.807) is 0 Å². The molecule has 28 heavy (non-hydrogen) atoms. The van der Waals surface area contributed by atoms with Gasteiger partial charge in [-0.05, 0) is 56.2 Å². The van der Waals surface area contributed by atoms with Crippen molar-refractivity contribution < 1.29 is 22.7 Å². The molecule has 4 atom stereocenters. The van der Waals surface area contributed by atoms with E-state index in [9.17, 15) is 18.0 Å². The molecule has 2 aliphatic carbocycles. The molecule has 0 unspecified atom stereocenters. The fraction of sp³-hybridized carbons (Fsp3) is 0.579. The number of benzene rings is 1. The van der Waals surface area contributed by atoms with Crippen molar-refractivity contribution in [1.29, 1.82) is 0 Å². The topological polar surface area (TPSA) is 92.8 Å². The van der Waals surface area contributed by atoms with E-state index in [4.69, 9.17) is 16.3 Å². The van der Waals surface area contributed by atoms with Crippen LogP contribution in [0.25, 0.3) is 0 Å². The molecule has 2 fully saturated rings. The van der Waals surface area contributed by atoms with Gasteiger partial charge in [0.25, 0.3) is 5.91 Å². The maximum absolute atomic E-state index is 12.4. The summed E-state index contributed by atoms with van der Waals surface area (Å²) in [5, 5.41) is 2.65. The molecule has 2 saturated carbocycles. The number of sulfonamides is 1. The summed E-state index contributed by atoms with van der Waals surface area (Å²) in [4.78, 5) is 24.7. The van der Waals surface area contributed by atoms with E-state index >= 15 is 0 Å². The molecule has 7 nitrogen and oxygen atoms in total. The van der Waals surface area contributed by atoms with Crippen molar-refractivity contribution in [2.45, 2.75) is 43.6 Å². The highest BCUT2D eigenvalue weighted by atomic mass is 35.5. The van der Waals surface area contributed by atoms with E-state index in [2.05, 4.69) is 5.32 Å². The lowest BCUT2D eigenvalue weighted by atomic mass is 9.89. The quantitative estimate of drug-likeness (QED) is 0.703. The summed E-state index contributed by atoms with van der Waals surface area (Å²) in [6.45, 7) is 1.51. The molecule has 3 rings (SSSR count). The van der Waals surface area contributed by atoms with Crippen LogP contribution < -0.4 is 5.32 Å². The van der Waals surface area contributed by atoms with Crippen molar-refractivity contribution in [3.63, 3.8) is 0 Å². The lowest BCUT2D eigenvalue weighted by Crippen LogP contribution is -2.33. The van der Waals surface area contributed by atoms with Crippen LogP contribution in [0, 0.1) is 17.8 Å². The molecule has 0 heterocycles. The summed E-state index contributed by atoms with van der Waals surface area (Å²) in [6, 6.07) is 4.19. The van der Waals surface area contributed by atoms with Crippen LogP contribution in [0.5, 0.6) is 0 Å². The van der Waals surface area contributed by atoms with Crippen molar-refractivity contribution in [1.82, 2.24) is 4.31 Å². The van der Waals surface area contributed by atoms with Crippen molar-refractivity contribution in [2.75, 3.05) is 19.4 Å². The summed E-state index contributed by atoms with van der Waals surface area (Å²) < 4.78 is 31.1. The smallest absolute Gasteiger partial charge is 0.309 e. The zero-order valence-electron chi connectivity index (χ0n) is 16.1. The van der Waals surface area contributed by atoms with Crippen LogP contribution in [0.4, 0.5) is 5.69 Å². The summed E-state index contributed by atoms with van der Waals surface area (Å²) in [6.07, 6.45) is 3.18. The van der Waals surface area contributed by atoms with Crippen LogP contribution in [0.2, 0.25) is 5.02 Å². The number of carbonyl (C=O) groups excluding carboxylic acids is 2. The molecule has 1 amide bonds. The zero-order chi connectivity index (χ0) is 20.6. The third-order valence-electron chi connectivity index (χ3n) is 5.66. The molecule has 0 aliphatic heterocycles. The molecule has 0 spiro atoms. The maximum Gasteiger partial charge on any atom is 0.309 e. The number of hydrogen-bond acceptors (Lipinski definition) is 5. The minimum atomic E-state index is -3.76. The van der Waals surface area contributed by atoms with Gasteiger partial charge >= 0.3 is 5.97 Å². The zero-order valence-corrected chi connectivity index (χ0v) is 17.7. The predicted octanol–water partition coefficient (Wildman–Crippen LogP) is 2.90. The van der Waals surface area contributed by atoms with Crippen molar-refractivity contribution in [2.24, 2.45) is 17.8 Å². The van der Waals surface area contributed by atoms with Crippen LogP contribution in [0.3, 0.4) is 0 Å². The van der Waals surface area contributed by atoms with Crippen LogP contribution in [-0.2, 0) is 24.3 Å². The Morgan fingerprint density at radius 2 is 1.96 bits per heavy atom. The number of hydrogen-bond donors (Lipinski definition) is 1. The molecule has 154 valence electrons. The summed E-state index contributed by atoms with van der Waals surface area (Å²) in [5.41, 5.74) is 0.262. The number of anilines is 1. The van der Waals surface area contributed by atoms with Crippen LogP contribution in [0.15, 0.2) is 23.1 Å². The van der Waals surface area contributed by atoms with Gasteiger partial charge in [0, 0.05) is 19.8 Å². The summed E-state index contributed by atoms with van der Waals surface area (Å²) in [7, 11) is -0.963. The van der Waals surface area contributed by atoms with E-state index in [0.29, 0.717) is 11.8 Å². The first-order chi connectivity index (χ1) is 13.1. The molecule has 2 bridgehead atoms. The highest BCUT2D eigenvalue weighted by molar-refractivity contribution is 7.89. The number of nitrogens with zero attached hydrogens (tertiary/aromatic N) is 1. The third-order valence-corrected chi connectivity index (χ3v) is 7.96. The van der Waals surface area contributed by atoms with Gasteiger partial charge in [-0.2, -0.15) is 0 Å². The maximum atomic E-state index is 12.4. The Balaban J connectivity index is 1.65. The lowest BCUT2D eigenvalue weighted by molar-refractivity contribution is -0.158. The second kappa shape index (κ2) is 8.00. The predicted molar refractivity (Wildman–Crippen MR) is 105 cm³/mol. The highest BCUT2D eigenvalue weighted by Gasteiger charge is 2.44. The minimum absolute atomic E-state index is 0.0578. The van der Waals surface area contributed by atoms with E-state index < -0.39 is 22.0 Å². The third kappa shape index (κ3) is 4.18. The Labute approximate surface area is 170 Å². The second-order valence-corrected chi connectivity index (χ2v) is 10.3. The SMILES string of the molecule is C[C@H](OC(=O)[C@@H]1C[C@H]2CC[C@H]1C2)C(=O)Nc1ccc(Cl)c(S(=O)(=O)N(C)C)c1. The molecule has 2 aliphatic rings. The molecular weight excluding hydrogens is 404 g/mol. The van der Waals surface area contributed by atoms with Crippen LogP contribution >= 0.6 is 11.6 Å². The van der Waals surface area contributed by atoms with Gasteiger partial charge in [-0.15, -0.1) is 0 Å². The van der Waals surface area contributed by atoms with Gasteiger partial charge in [0.05, 0.1) is 10.9 Å². The molecular formula is C19H25ClN2O5S. The van der Waals surface area contributed by atoms with Gasteiger partial charge in [0.2, 0.25) is 10.0 Å². The van der Waals surface area contributed by atoms with Gasteiger partial charge < -0.3 is 10.1 Å². The van der Waals surface area contributed by atoms with E-state index in [1.165, 1.54) is 45.6 Å². The molecule has 9 heteroatoms. The molecule has 0 aromatic heterocycles. The summed E-state index contributed by atoms with van der Waals surface area (Å²) >= 11 is 6.01. The Hall–Kier alpha value is -1.64. The minimum Gasteiger partial charge on any atom is -0.452 e. The van der Waals surface area contributed by atoms with Crippen LogP contribution in [-0.4, -0.2) is 44.8 Å². The van der Waals surface area contributed by atoms with Crippen LogP contribution in [0.1, 0.15) is 32.6 Å². The highest BCUT2D eigenvalue weighted by Crippen LogP contribution is 2.48. The fourth-order valence-electron chi connectivity index (χ4n) is 4.07. The Bertz CT molecular complexity index is 886. The number of amides is 1. The number of fused-ring (bicyclic) bond motifs is 2. The van der Waals surface area contributed by atoms with E-state index in [1.807, 2.05) is 0 Å². The first-order valence-corrected chi connectivity index (χ1v) is 11.1. The van der Waals surface area contributed by atoms with Crippen molar-refractivity contribution in [3.8, 4) is 0 Å². The fourth-order valence-corrected chi connectivity index (χ4v) is 5.46. The Kier molecular flexibility index (Phi) is 6.03. The number of rotatable bonds is 6. The molecule has 0 saturated heterocycles. The Morgan fingerprint density at radius 3 is 2.54 bits per heavy atom. The number of halogens is 1. The summed E-state index contributed by atoms with van der Waals surface area (Å²) in [5.74, 6) is 0.0378.